The highest BCUT2D eigenvalue weighted by molar-refractivity contribution is 5.82. The summed E-state index contributed by atoms with van der Waals surface area (Å²) < 4.78 is 0. The van der Waals surface area contributed by atoms with E-state index in [1.165, 1.54) is 24.2 Å². The summed E-state index contributed by atoms with van der Waals surface area (Å²) in [6.07, 6.45) is 7.37. The van der Waals surface area contributed by atoms with Crippen LogP contribution in [0.15, 0.2) is 0 Å². The normalized spacial score (nSPS) is 32.3. The fourth-order valence-electron chi connectivity index (χ4n) is 5.53. The van der Waals surface area contributed by atoms with E-state index in [0.717, 1.165) is 37.0 Å². The van der Waals surface area contributed by atoms with Crippen molar-refractivity contribution in [2.24, 2.45) is 17.8 Å². The number of likely N-dealkylation sites (N-methyl/N-ethyl adjacent to an activating group) is 1. The highest BCUT2D eigenvalue weighted by Gasteiger charge is 2.51. The minimum Gasteiger partial charge on any atom is -0.480 e. The van der Waals surface area contributed by atoms with Gasteiger partial charge in [0.2, 0.25) is 5.91 Å². The van der Waals surface area contributed by atoms with Crippen LogP contribution in [0.1, 0.15) is 51.9 Å². The zero-order valence-electron chi connectivity index (χ0n) is 14.9. The number of aliphatic carboxylic acids is 1. The van der Waals surface area contributed by atoms with E-state index < -0.39 is 5.97 Å². The van der Waals surface area contributed by atoms with Crippen LogP contribution in [0.2, 0.25) is 0 Å². The molecule has 0 aromatic heterocycles. The molecule has 4 saturated carbocycles. The predicted octanol–water partition coefficient (Wildman–Crippen LogP) is 1.58. The highest BCUT2D eigenvalue weighted by atomic mass is 16.4. The van der Waals surface area contributed by atoms with Gasteiger partial charge in [-0.25, -0.2) is 4.79 Å². The first-order valence-electron chi connectivity index (χ1n) is 9.44. The lowest BCUT2D eigenvalue weighted by Crippen LogP contribution is -2.61. The summed E-state index contributed by atoms with van der Waals surface area (Å²) in [6.45, 7) is 2.03. The quantitative estimate of drug-likeness (QED) is 0.648. The van der Waals surface area contributed by atoms with Crippen LogP contribution < -0.4 is 10.6 Å². The molecule has 4 aliphatic carbocycles. The van der Waals surface area contributed by atoms with Crippen molar-refractivity contribution in [3.8, 4) is 0 Å². The van der Waals surface area contributed by atoms with Gasteiger partial charge in [0.25, 0.3) is 0 Å². The topological polar surface area (TPSA) is 98.7 Å². The van der Waals surface area contributed by atoms with E-state index >= 15 is 0 Å². The summed E-state index contributed by atoms with van der Waals surface area (Å²) in [5, 5.41) is 14.8. The third-order valence-corrected chi connectivity index (χ3v) is 6.10. The van der Waals surface area contributed by atoms with Crippen molar-refractivity contribution in [2.45, 2.75) is 57.4 Å². The second-order valence-corrected chi connectivity index (χ2v) is 8.13. The Morgan fingerprint density at radius 2 is 1.64 bits per heavy atom. The number of hydrogen-bond acceptors (Lipinski definition) is 3. The smallest absolute Gasteiger partial charge is 0.323 e. The maximum atomic E-state index is 12.3. The van der Waals surface area contributed by atoms with E-state index in [0.29, 0.717) is 6.54 Å². The van der Waals surface area contributed by atoms with Crippen LogP contribution in [0.5, 0.6) is 0 Å². The molecule has 0 spiro atoms. The fraction of sp³-hybridized carbons (Fsp3) is 0.833. The largest absolute Gasteiger partial charge is 0.480 e. The second kappa shape index (κ2) is 7.22. The second-order valence-electron chi connectivity index (χ2n) is 8.13. The van der Waals surface area contributed by atoms with Gasteiger partial charge in [-0.3, -0.25) is 9.59 Å². The molecule has 3 amide bonds. The number of carboxylic acid groups (broad SMARTS) is 1. The Labute approximate surface area is 148 Å². The summed E-state index contributed by atoms with van der Waals surface area (Å²) in [5.41, 5.74) is -0.0401. The summed E-state index contributed by atoms with van der Waals surface area (Å²) in [7, 11) is 0. The van der Waals surface area contributed by atoms with Crippen LogP contribution >= 0.6 is 0 Å². The molecule has 4 fully saturated rings. The number of carbonyl (C=O) groups excluding carboxylic acids is 2. The Morgan fingerprint density at radius 3 is 2.12 bits per heavy atom. The molecule has 0 heterocycles. The van der Waals surface area contributed by atoms with Crippen molar-refractivity contribution in [3.05, 3.63) is 0 Å². The van der Waals surface area contributed by atoms with Crippen LogP contribution in [-0.4, -0.2) is 53.1 Å². The van der Waals surface area contributed by atoms with E-state index in [1.54, 1.807) is 6.92 Å². The number of nitrogens with one attached hydrogen (secondary N) is 2. The number of nitrogens with zero attached hydrogens (tertiary/aromatic N) is 1. The third-order valence-electron chi connectivity index (χ3n) is 6.10. The minimum absolute atomic E-state index is 0.0401. The molecule has 4 rings (SSSR count). The Morgan fingerprint density at radius 1 is 1.08 bits per heavy atom. The SMILES string of the molecule is CCN(CC(=O)O)C(=O)CCNC(=O)NC12CC3CC(CC(C3)C1)C2. The molecular formula is C18H29N3O4. The summed E-state index contributed by atoms with van der Waals surface area (Å²) in [4.78, 5) is 36.3. The average Bonchev–Trinajstić information content (AvgIpc) is 2.50. The van der Waals surface area contributed by atoms with Crippen LogP contribution in [0.25, 0.3) is 0 Å². The highest BCUT2D eigenvalue weighted by Crippen LogP contribution is 2.55. The summed E-state index contributed by atoms with van der Waals surface area (Å²) in [6, 6.07) is -0.198. The first kappa shape index (κ1) is 18.0. The maximum absolute atomic E-state index is 12.3. The third kappa shape index (κ3) is 4.25. The van der Waals surface area contributed by atoms with Gasteiger partial charge >= 0.3 is 12.0 Å². The average molecular weight is 351 g/mol. The van der Waals surface area contributed by atoms with Crippen molar-refractivity contribution in [2.75, 3.05) is 19.6 Å². The van der Waals surface area contributed by atoms with E-state index in [4.69, 9.17) is 5.11 Å². The molecule has 7 heteroatoms. The first-order chi connectivity index (χ1) is 11.9. The number of carboxylic acids is 1. The van der Waals surface area contributed by atoms with Gasteiger partial charge in [-0.1, -0.05) is 0 Å². The number of rotatable bonds is 7. The van der Waals surface area contributed by atoms with Gasteiger partial charge < -0.3 is 20.6 Å². The van der Waals surface area contributed by atoms with E-state index in [-0.39, 0.29) is 37.0 Å². The molecule has 0 aromatic rings. The molecule has 0 unspecified atom stereocenters. The molecule has 0 atom stereocenters. The molecule has 0 aliphatic heterocycles. The van der Waals surface area contributed by atoms with Crippen LogP contribution in [-0.2, 0) is 9.59 Å². The maximum Gasteiger partial charge on any atom is 0.323 e. The number of carbonyl (C=O) groups is 3. The standard InChI is InChI=1S/C18H29N3O4/c1-2-21(11-16(23)24)15(22)3-4-19-17(25)20-18-8-12-5-13(9-18)7-14(6-12)10-18/h12-14H,2-11H2,1H3,(H,23,24)(H2,19,20,25). The number of amides is 3. The lowest BCUT2D eigenvalue weighted by Gasteiger charge is -2.56. The van der Waals surface area contributed by atoms with Gasteiger partial charge in [-0.05, 0) is 63.2 Å². The van der Waals surface area contributed by atoms with E-state index in [2.05, 4.69) is 10.6 Å². The Kier molecular flexibility index (Phi) is 5.20. The van der Waals surface area contributed by atoms with Gasteiger partial charge in [0.15, 0.2) is 0 Å². The molecule has 3 N–H and O–H groups in total. The Hall–Kier alpha value is -1.79. The molecule has 4 aliphatic rings. The fourth-order valence-corrected chi connectivity index (χ4v) is 5.53. The number of urea groups is 1. The molecule has 0 radical (unpaired) electrons. The molecule has 25 heavy (non-hydrogen) atoms. The van der Waals surface area contributed by atoms with Gasteiger partial charge in [-0.2, -0.15) is 0 Å². The Balaban J connectivity index is 1.43. The molecule has 7 nitrogen and oxygen atoms in total. The summed E-state index contributed by atoms with van der Waals surface area (Å²) >= 11 is 0. The monoisotopic (exact) mass is 351 g/mol. The molecule has 0 aromatic carbocycles. The summed E-state index contributed by atoms with van der Waals surface area (Å²) in [5.74, 6) is 1.02. The Bertz CT molecular complexity index is 513. The van der Waals surface area contributed by atoms with Crippen molar-refractivity contribution < 1.29 is 19.5 Å². The molecular weight excluding hydrogens is 322 g/mol. The first-order valence-corrected chi connectivity index (χ1v) is 9.44. The predicted molar refractivity (Wildman–Crippen MR) is 91.9 cm³/mol. The van der Waals surface area contributed by atoms with Crippen molar-refractivity contribution >= 4 is 17.9 Å². The zero-order chi connectivity index (χ0) is 18.0. The minimum atomic E-state index is -1.03. The van der Waals surface area contributed by atoms with E-state index in [9.17, 15) is 14.4 Å². The van der Waals surface area contributed by atoms with Crippen LogP contribution in [0, 0.1) is 17.8 Å². The van der Waals surface area contributed by atoms with Gasteiger partial charge in [0.05, 0.1) is 0 Å². The van der Waals surface area contributed by atoms with Crippen molar-refractivity contribution in [3.63, 3.8) is 0 Å². The zero-order valence-corrected chi connectivity index (χ0v) is 14.9. The van der Waals surface area contributed by atoms with Crippen LogP contribution in [0.3, 0.4) is 0 Å². The number of hydrogen-bond donors (Lipinski definition) is 3. The van der Waals surface area contributed by atoms with Gasteiger partial charge in [-0.15, -0.1) is 0 Å². The van der Waals surface area contributed by atoms with Gasteiger partial charge in [0, 0.05) is 25.0 Å². The van der Waals surface area contributed by atoms with Crippen molar-refractivity contribution in [1.82, 2.24) is 15.5 Å². The van der Waals surface area contributed by atoms with Crippen molar-refractivity contribution in [1.29, 1.82) is 0 Å². The molecule has 4 bridgehead atoms. The van der Waals surface area contributed by atoms with E-state index in [1.807, 2.05) is 0 Å². The molecule has 0 saturated heterocycles. The lowest BCUT2D eigenvalue weighted by molar-refractivity contribution is -0.144. The van der Waals surface area contributed by atoms with Crippen LogP contribution in [0.4, 0.5) is 4.79 Å². The lowest BCUT2D eigenvalue weighted by atomic mass is 9.53. The molecule has 140 valence electrons. The van der Waals surface area contributed by atoms with Gasteiger partial charge in [0.1, 0.15) is 6.54 Å².